The van der Waals surface area contributed by atoms with Gasteiger partial charge in [-0.2, -0.15) is 0 Å². The molecule has 2 unspecified atom stereocenters. The zero-order chi connectivity index (χ0) is 19.1. The monoisotopic (exact) mass is 373 g/mol. The molecule has 0 radical (unpaired) electrons. The Balaban J connectivity index is 1.27. The summed E-state index contributed by atoms with van der Waals surface area (Å²) in [5.74, 6) is 0.774. The van der Waals surface area contributed by atoms with Crippen molar-refractivity contribution in [3.63, 3.8) is 0 Å². The summed E-state index contributed by atoms with van der Waals surface area (Å²) in [5, 5.41) is 3.09. The molecule has 3 rings (SSSR count). The van der Waals surface area contributed by atoms with Gasteiger partial charge in [0.2, 0.25) is 5.91 Å². The van der Waals surface area contributed by atoms with Crippen molar-refractivity contribution in [2.75, 3.05) is 44.2 Å². The fraction of sp³-hybridized carbons (Fsp3) is 0.667. The number of hydrogen-bond acceptors (Lipinski definition) is 5. The van der Waals surface area contributed by atoms with E-state index in [1.807, 2.05) is 0 Å². The van der Waals surface area contributed by atoms with Crippen molar-refractivity contribution in [1.29, 1.82) is 0 Å². The van der Waals surface area contributed by atoms with Crippen LogP contribution in [0.15, 0.2) is 30.3 Å². The highest BCUT2D eigenvalue weighted by Gasteiger charge is 2.29. The first kappa shape index (κ1) is 20.1. The van der Waals surface area contributed by atoms with Crippen LogP contribution in [-0.2, 0) is 4.79 Å². The number of piperazine rings is 1. The molecule has 0 saturated carbocycles. The van der Waals surface area contributed by atoms with Gasteiger partial charge in [0.1, 0.15) is 6.04 Å². The first-order valence-corrected chi connectivity index (χ1v) is 10.4. The molecular formula is C21H35N5O. The quantitative estimate of drug-likeness (QED) is 0.604. The standard InChI is InChI=1S/C21H35N5O/c1-17(2)15-18-16-20(24-23-18)21(27)22-9-6-10-25-11-13-26(14-12-25)19-7-4-3-5-8-19/h3-5,7-8,17-18,20,23-24H,6,9-16H2,1-2H3,(H,22,27). The second kappa shape index (κ2) is 10.1. The lowest BCUT2D eigenvalue weighted by Gasteiger charge is -2.36. The Hall–Kier alpha value is -1.63. The van der Waals surface area contributed by atoms with Crippen molar-refractivity contribution in [2.24, 2.45) is 5.92 Å². The second-order valence-electron chi connectivity index (χ2n) is 8.21. The predicted molar refractivity (Wildman–Crippen MR) is 111 cm³/mol. The SMILES string of the molecule is CC(C)CC1CC(C(=O)NCCCN2CCN(c3ccccc3)CC2)NN1. The van der Waals surface area contributed by atoms with Gasteiger partial charge in [-0.1, -0.05) is 32.0 Å². The minimum atomic E-state index is -0.0943. The van der Waals surface area contributed by atoms with Crippen LogP contribution in [0.5, 0.6) is 0 Å². The molecule has 3 N–H and O–H groups in total. The minimum Gasteiger partial charge on any atom is -0.369 e. The van der Waals surface area contributed by atoms with Crippen molar-refractivity contribution in [3.05, 3.63) is 30.3 Å². The number of benzene rings is 1. The summed E-state index contributed by atoms with van der Waals surface area (Å²) in [6.07, 6.45) is 2.99. The van der Waals surface area contributed by atoms with Crippen LogP contribution < -0.4 is 21.1 Å². The lowest BCUT2D eigenvalue weighted by molar-refractivity contribution is -0.122. The summed E-state index contributed by atoms with van der Waals surface area (Å²) in [4.78, 5) is 17.2. The molecule has 0 spiro atoms. The maximum absolute atomic E-state index is 12.3. The van der Waals surface area contributed by atoms with Gasteiger partial charge in [-0.15, -0.1) is 0 Å². The number of rotatable bonds is 8. The summed E-state index contributed by atoms with van der Waals surface area (Å²) >= 11 is 0. The first-order valence-electron chi connectivity index (χ1n) is 10.4. The van der Waals surface area contributed by atoms with Crippen molar-refractivity contribution < 1.29 is 4.79 Å². The lowest BCUT2D eigenvalue weighted by Crippen LogP contribution is -2.47. The van der Waals surface area contributed by atoms with Gasteiger partial charge >= 0.3 is 0 Å². The molecule has 1 aromatic carbocycles. The van der Waals surface area contributed by atoms with E-state index >= 15 is 0 Å². The molecule has 150 valence electrons. The topological polar surface area (TPSA) is 59.6 Å². The molecule has 0 aliphatic carbocycles. The van der Waals surface area contributed by atoms with Gasteiger partial charge in [0.25, 0.3) is 0 Å². The number of hydrogen-bond donors (Lipinski definition) is 3. The molecule has 2 fully saturated rings. The molecule has 27 heavy (non-hydrogen) atoms. The van der Waals surface area contributed by atoms with E-state index in [1.165, 1.54) is 5.69 Å². The summed E-state index contributed by atoms with van der Waals surface area (Å²) in [7, 11) is 0. The molecule has 2 aliphatic rings. The van der Waals surface area contributed by atoms with E-state index in [4.69, 9.17) is 0 Å². The molecule has 2 aliphatic heterocycles. The smallest absolute Gasteiger partial charge is 0.238 e. The van der Waals surface area contributed by atoms with Crippen LogP contribution in [0, 0.1) is 5.92 Å². The van der Waals surface area contributed by atoms with Gasteiger partial charge in [-0.3, -0.25) is 15.1 Å². The fourth-order valence-corrected chi connectivity index (χ4v) is 4.02. The molecule has 6 nitrogen and oxygen atoms in total. The van der Waals surface area contributed by atoms with Crippen LogP contribution in [0.4, 0.5) is 5.69 Å². The third-order valence-corrected chi connectivity index (χ3v) is 5.50. The number of carbonyl (C=O) groups is 1. The van der Waals surface area contributed by atoms with Crippen molar-refractivity contribution in [3.8, 4) is 0 Å². The van der Waals surface area contributed by atoms with Crippen molar-refractivity contribution in [1.82, 2.24) is 21.1 Å². The van der Waals surface area contributed by atoms with E-state index < -0.39 is 0 Å². The Morgan fingerprint density at radius 2 is 1.89 bits per heavy atom. The van der Waals surface area contributed by atoms with Crippen LogP contribution in [0.3, 0.4) is 0 Å². The average molecular weight is 374 g/mol. The van der Waals surface area contributed by atoms with Crippen molar-refractivity contribution >= 4 is 11.6 Å². The van der Waals surface area contributed by atoms with E-state index in [-0.39, 0.29) is 11.9 Å². The number of hydrazine groups is 1. The predicted octanol–water partition coefficient (Wildman–Crippen LogP) is 1.60. The van der Waals surface area contributed by atoms with E-state index in [1.54, 1.807) is 0 Å². The van der Waals surface area contributed by atoms with Gasteiger partial charge < -0.3 is 10.2 Å². The average Bonchev–Trinajstić information content (AvgIpc) is 3.14. The Bertz CT molecular complexity index is 571. The second-order valence-corrected chi connectivity index (χ2v) is 8.21. The Morgan fingerprint density at radius 3 is 2.59 bits per heavy atom. The van der Waals surface area contributed by atoms with Crippen LogP contribution in [-0.4, -0.2) is 62.2 Å². The van der Waals surface area contributed by atoms with Crippen LogP contribution in [0.1, 0.15) is 33.1 Å². The molecule has 2 atom stereocenters. The van der Waals surface area contributed by atoms with E-state index in [0.29, 0.717) is 12.0 Å². The van der Waals surface area contributed by atoms with Gasteiger partial charge in [0.05, 0.1) is 0 Å². The summed E-state index contributed by atoms with van der Waals surface area (Å²) in [6, 6.07) is 10.9. The maximum Gasteiger partial charge on any atom is 0.238 e. The number of anilines is 1. The molecule has 2 heterocycles. The normalized spacial score (nSPS) is 23.7. The molecule has 6 heteroatoms. The van der Waals surface area contributed by atoms with Crippen LogP contribution in [0.2, 0.25) is 0 Å². The van der Waals surface area contributed by atoms with E-state index in [0.717, 1.165) is 58.5 Å². The number of nitrogens with one attached hydrogen (secondary N) is 3. The number of nitrogens with zero attached hydrogens (tertiary/aromatic N) is 2. The highest BCUT2D eigenvalue weighted by Crippen LogP contribution is 2.16. The summed E-state index contributed by atoms with van der Waals surface area (Å²) in [5.41, 5.74) is 7.72. The number of amides is 1. The fourth-order valence-electron chi connectivity index (χ4n) is 4.02. The molecular weight excluding hydrogens is 338 g/mol. The van der Waals surface area contributed by atoms with Gasteiger partial charge in [-0.25, -0.2) is 5.43 Å². The molecule has 1 aromatic rings. The molecule has 2 saturated heterocycles. The first-order chi connectivity index (χ1) is 13.1. The van der Waals surface area contributed by atoms with Gasteiger partial charge in [0, 0.05) is 44.5 Å². The molecule has 0 bridgehead atoms. The highest BCUT2D eigenvalue weighted by atomic mass is 16.2. The largest absolute Gasteiger partial charge is 0.369 e. The summed E-state index contributed by atoms with van der Waals surface area (Å²) < 4.78 is 0. The van der Waals surface area contributed by atoms with Crippen LogP contribution in [0.25, 0.3) is 0 Å². The number of carbonyl (C=O) groups excluding carboxylic acids is 1. The van der Waals surface area contributed by atoms with Crippen molar-refractivity contribution in [2.45, 2.75) is 45.2 Å². The highest BCUT2D eigenvalue weighted by molar-refractivity contribution is 5.82. The minimum absolute atomic E-state index is 0.0943. The molecule has 1 amide bonds. The zero-order valence-corrected chi connectivity index (χ0v) is 16.8. The Labute approximate surface area is 163 Å². The Morgan fingerprint density at radius 1 is 1.15 bits per heavy atom. The third-order valence-electron chi connectivity index (χ3n) is 5.50. The lowest BCUT2D eigenvalue weighted by atomic mass is 10.00. The van der Waals surface area contributed by atoms with E-state index in [9.17, 15) is 4.79 Å². The summed E-state index contributed by atoms with van der Waals surface area (Å²) in [6.45, 7) is 10.6. The maximum atomic E-state index is 12.3. The molecule has 0 aromatic heterocycles. The van der Waals surface area contributed by atoms with Crippen LogP contribution >= 0.6 is 0 Å². The van der Waals surface area contributed by atoms with Gasteiger partial charge in [-0.05, 0) is 43.9 Å². The third kappa shape index (κ3) is 6.19. The van der Waals surface area contributed by atoms with Gasteiger partial charge in [0.15, 0.2) is 0 Å². The Kier molecular flexibility index (Phi) is 7.50. The number of para-hydroxylation sites is 1. The zero-order valence-electron chi connectivity index (χ0n) is 16.8. The van der Waals surface area contributed by atoms with E-state index in [2.05, 4.69) is 70.1 Å².